The number of rotatable bonds is 3. The predicted octanol–water partition coefficient (Wildman–Crippen LogP) is 5.01. The summed E-state index contributed by atoms with van der Waals surface area (Å²) in [6.07, 6.45) is 1.92. The van der Waals surface area contributed by atoms with Crippen LogP contribution in [0.3, 0.4) is 0 Å². The normalized spacial score (nSPS) is 11.0. The molecule has 3 rings (SSSR count). The third-order valence-electron chi connectivity index (χ3n) is 3.34. The molecule has 1 aromatic heterocycles. The van der Waals surface area contributed by atoms with Crippen LogP contribution >= 0.6 is 27.5 Å². The number of nitro benzene ring substituents is 1. The van der Waals surface area contributed by atoms with Gasteiger partial charge in [0.1, 0.15) is 0 Å². The van der Waals surface area contributed by atoms with Gasteiger partial charge in [-0.25, -0.2) is 0 Å². The second kappa shape index (κ2) is 5.50. The number of halogens is 2. The minimum absolute atomic E-state index is 0.0799. The van der Waals surface area contributed by atoms with Crippen LogP contribution in [0, 0.1) is 10.1 Å². The fraction of sp³-hybridized carbons (Fsp3) is 0.0667. The van der Waals surface area contributed by atoms with E-state index >= 15 is 0 Å². The van der Waals surface area contributed by atoms with Crippen molar-refractivity contribution in [1.82, 2.24) is 4.57 Å². The molecule has 0 spiro atoms. The Morgan fingerprint density at radius 1 is 1.24 bits per heavy atom. The molecule has 2 aromatic carbocycles. The lowest BCUT2D eigenvalue weighted by molar-refractivity contribution is -0.385. The first-order chi connectivity index (χ1) is 10.1. The van der Waals surface area contributed by atoms with E-state index in [9.17, 15) is 10.1 Å². The zero-order valence-corrected chi connectivity index (χ0v) is 13.1. The lowest BCUT2D eigenvalue weighted by Gasteiger charge is -2.07. The van der Waals surface area contributed by atoms with E-state index in [4.69, 9.17) is 11.6 Å². The Bertz CT molecular complexity index is 845. The molecular weight excluding hydrogens is 356 g/mol. The number of benzene rings is 2. The molecule has 0 radical (unpaired) electrons. The monoisotopic (exact) mass is 364 g/mol. The van der Waals surface area contributed by atoms with E-state index in [-0.39, 0.29) is 10.6 Å². The van der Waals surface area contributed by atoms with Crippen LogP contribution in [0.25, 0.3) is 10.9 Å². The van der Waals surface area contributed by atoms with Crippen LogP contribution in [-0.4, -0.2) is 9.49 Å². The zero-order valence-electron chi connectivity index (χ0n) is 10.8. The Labute approximate surface area is 134 Å². The third kappa shape index (κ3) is 2.66. The highest BCUT2D eigenvalue weighted by molar-refractivity contribution is 9.10. The molecule has 6 heteroatoms. The number of nitro groups is 1. The van der Waals surface area contributed by atoms with E-state index in [0.29, 0.717) is 17.1 Å². The van der Waals surface area contributed by atoms with Crippen molar-refractivity contribution in [3.8, 4) is 0 Å². The fourth-order valence-electron chi connectivity index (χ4n) is 2.37. The average molecular weight is 366 g/mol. The van der Waals surface area contributed by atoms with Gasteiger partial charge in [-0.1, -0.05) is 33.6 Å². The van der Waals surface area contributed by atoms with Crippen LogP contribution < -0.4 is 0 Å². The minimum atomic E-state index is -0.382. The topological polar surface area (TPSA) is 48.1 Å². The zero-order chi connectivity index (χ0) is 15.0. The molecule has 0 atom stereocenters. The molecule has 0 aliphatic rings. The molecule has 0 unspecified atom stereocenters. The van der Waals surface area contributed by atoms with E-state index in [1.165, 1.54) is 12.1 Å². The van der Waals surface area contributed by atoms with Gasteiger partial charge < -0.3 is 4.57 Å². The molecule has 0 aliphatic heterocycles. The van der Waals surface area contributed by atoms with E-state index in [2.05, 4.69) is 15.9 Å². The van der Waals surface area contributed by atoms with Crippen molar-refractivity contribution >= 4 is 44.1 Å². The first kappa shape index (κ1) is 14.1. The van der Waals surface area contributed by atoms with Gasteiger partial charge in [-0.2, -0.15) is 0 Å². The van der Waals surface area contributed by atoms with Gasteiger partial charge in [0.25, 0.3) is 5.69 Å². The second-order valence-electron chi connectivity index (χ2n) is 4.65. The molecule has 21 heavy (non-hydrogen) atoms. The maximum absolute atomic E-state index is 11.1. The molecule has 0 amide bonds. The number of aromatic nitrogens is 1. The first-order valence-electron chi connectivity index (χ1n) is 6.22. The Morgan fingerprint density at radius 3 is 2.81 bits per heavy atom. The van der Waals surface area contributed by atoms with E-state index in [1.54, 1.807) is 6.07 Å². The summed E-state index contributed by atoms with van der Waals surface area (Å²) in [5.74, 6) is 0. The van der Waals surface area contributed by atoms with Crippen molar-refractivity contribution in [2.45, 2.75) is 6.54 Å². The Balaban J connectivity index is 2.09. The molecular formula is C15H10BrClN2O2. The summed E-state index contributed by atoms with van der Waals surface area (Å²) in [6, 6.07) is 12.5. The van der Waals surface area contributed by atoms with Crippen molar-refractivity contribution in [3.63, 3.8) is 0 Å². The smallest absolute Gasteiger partial charge is 0.274 e. The predicted molar refractivity (Wildman–Crippen MR) is 86.8 cm³/mol. The Morgan fingerprint density at radius 2 is 2.05 bits per heavy atom. The van der Waals surface area contributed by atoms with Gasteiger partial charge in [-0.3, -0.25) is 10.1 Å². The summed E-state index contributed by atoms with van der Waals surface area (Å²) in [5, 5.41) is 12.7. The highest BCUT2D eigenvalue weighted by atomic mass is 79.9. The number of hydrogen-bond acceptors (Lipinski definition) is 2. The molecule has 0 N–H and O–H groups in total. The van der Waals surface area contributed by atoms with Crippen molar-refractivity contribution in [2.75, 3.05) is 0 Å². The van der Waals surface area contributed by atoms with Crippen molar-refractivity contribution in [2.24, 2.45) is 0 Å². The summed E-state index contributed by atoms with van der Waals surface area (Å²) in [6.45, 7) is 0.400. The molecule has 1 heterocycles. The second-order valence-corrected chi connectivity index (χ2v) is 5.94. The van der Waals surface area contributed by atoms with Crippen molar-refractivity contribution in [1.29, 1.82) is 0 Å². The fourth-order valence-corrected chi connectivity index (χ4v) is 3.05. The van der Waals surface area contributed by atoms with Crippen LogP contribution in [0.2, 0.25) is 5.02 Å². The summed E-state index contributed by atoms with van der Waals surface area (Å²) in [5.41, 5.74) is 1.68. The molecule has 0 aliphatic carbocycles. The molecule has 106 valence electrons. The van der Waals surface area contributed by atoms with Gasteiger partial charge in [0.05, 0.1) is 17.0 Å². The van der Waals surface area contributed by atoms with Gasteiger partial charge in [-0.05, 0) is 30.3 Å². The number of hydrogen-bond donors (Lipinski definition) is 0. The lowest BCUT2D eigenvalue weighted by Crippen LogP contribution is -2.02. The highest BCUT2D eigenvalue weighted by Crippen LogP contribution is 2.28. The van der Waals surface area contributed by atoms with Crippen LogP contribution in [0.4, 0.5) is 5.69 Å². The first-order valence-corrected chi connectivity index (χ1v) is 7.39. The largest absolute Gasteiger partial charge is 0.343 e. The molecule has 0 fully saturated rings. The SMILES string of the molecule is O=[N+]([O-])c1ccc(Cl)cc1Cn1ccc2c(Br)cccc21. The van der Waals surface area contributed by atoms with E-state index in [1.807, 2.05) is 35.0 Å². The van der Waals surface area contributed by atoms with Crippen LogP contribution in [0.1, 0.15) is 5.56 Å². The molecule has 3 aromatic rings. The summed E-state index contributed by atoms with van der Waals surface area (Å²) >= 11 is 9.47. The van der Waals surface area contributed by atoms with Crippen LogP contribution in [0.15, 0.2) is 53.1 Å². The van der Waals surface area contributed by atoms with Crippen LogP contribution in [-0.2, 0) is 6.54 Å². The number of nitrogens with zero attached hydrogens (tertiary/aromatic N) is 2. The Kier molecular flexibility index (Phi) is 3.69. The average Bonchev–Trinajstić information content (AvgIpc) is 2.83. The van der Waals surface area contributed by atoms with Gasteiger partial charge in [-0.15, -0.1) is 0 Å². The summed E-state index contributed by atoms with van der Waals surface area (Å²) in [7, 11) is 0. The van der Waals surface area contributed by atoms with Gasteiger partial charge in [0.15, 0.2) is 0 Å². The minimum Gasteiger partial charge on any atom is -0.343 e. The van der Waals surface area contributed by atoms with Crippen molar-refractivity contribution < 1.29 is 4.92 Å². The quantitative estimate of drug-likeness (QED) is 0.483. The van der Waals surface area contributed by atoms with E-state index in [0.717, 1.165) is 15.4 Å². The third-order valence-corrected chi connectivity index (χ3v) is 4.27. The highest BCUT2D eigenvalue weighted by Gasteiger charge is 2.15. The van der Waals surface area contributed by atoms with Crippen LogP contribution in [0.5, 0.6) is 0 Å². The van der Waals surface area contributed by atoms with Gasteiger partial charge in [0, 0.05) is 32.7 Å². The summed E-state index contributed by atoms with van der Waals surface area (Å²) < 4.78 is 2.97. The molecule has 0 bridgehead atoms. The van der Waals surface area contributed by atoms with Gasteiger partial charge in [0.2, 0.25) is 0 Å². The van der Waals surface area contributed by atoms with E-state index < -0.39 is 0 Å². The maximum Gasteiger partial charge on any atom is 0.274 e. The van der Waals surface area contributed by atoms with Crippen molar-refractivity contribution in [3.05, 3.63) is 73.8 Å². The van der Waals surface area contributed by atoms with Gasteiger partial charge >= 0.3 is 0 Å². The molecule has 0 saturated heterocycles. The maximum atomic E-state index is 11.1. The lowest BCUT2D eigenvalue weighted by atomic mass is 10.1. The molecule has 4 nitrogen and oxygen atoms in total. The molecule has 0 saturated carbocycles. The number of fused-ring (bicyclic) bond motifs is 1. The standard InChI is InChI=1S/C15H10BrClN2O2/c16-13-2-1-3-15-12(13)6-7-18(15)9-10-8-11(17)4-5-14(10)19(20)21/h1-8H,9H2. The Hall–Kier alpha value is -1.85. The summed E-state index contributed by atoms with van der Waals surface area (Å²) in [4.78, 5) is 10.7.